The van der Waals surface area contributed by atoms with Gasteiger partial charge in [0.05, 0.1) is 0 Å². The summed E-state index contributed by atoms with van der Waals surface area (Å²) in [6, 6.07) is 3.82. The van der Waals surface area contributed by atoms with Crippen molar-refractivity contribution in [2.24, 2.45) is 10.9 Å². The summed E-state index contributed by atoms with van der Waals surface area (Å²) in [6.45, 7) is 1.74. The van der Waals surface area contributed by atoms with Crippen molar-refractivity contribution in [2.75, 3.05) is 19.7 Å². The number of piperidine rings is 1. The smallest absolute Gasteiger partial charge is 0.276 e. The van der Waals surface area contributed by atoms with Crippen LogP contribution in [0, 0.1) is 5.92 Å². The van der Waals surface area contributed by atoms with E-state index in [1.54, 1.807) is 12.3 Å². The van der Waals surface area contributed by atoms with E-state index in [0.29, 0.717) is 11.7 Å². The van der Waals surface area contributed by atoms with Gasteiger partial charge in [0.1, 0.15) is 11.3 Å². The van der Waals surface area contributed by atoms with Crippen LogP contribution in [-0.4, -0.2) is 51.5 Å². The van der Waals surface area contributed by atoms with E-state index < -0.39 is 0 Å². The molecule has 0 spiro atoms. The molecule has 0 saturated carbocycles. The van der Waals surface area contributed by atoms with Crippen LogP contribution in [-0.2, 0) is 4.79 Å². The van der Waals surface area contributed by atoms with Gasteiger partial charge in [0.15, 0.2) is 0 Å². The lowest BCUT2D eigenvalue weighted by Gasteiger charge is -2.32. The number of rotatable bonds is 2. The maximum absolute atomic E-state index is 12.2. The summed E-state index contributed by atoms with van der Waals surface area (Å²) in [5.41, 5.74) is 2.06. The SMILES string of the molecule is Cl.Cl.O=C1NC(N2CCCC(CO)C2)=N/C1=C\c1c[nH]c2ncccc12. The summed E-state index contributed by atoms with van der Waals surface area (Å²) in [4.78, 5) is 26.1. The van der Waals surface area contributed by atoms with E-state index in [1.165, 1.54) is 0 Å². The van der Waals surface area contributed by atoms with Crippen LogP contribution in [0.3, 0.4) is 0 Å². The molecule has 1 atom stereocenters. The first kappa shape index (κ1) is 20.2. The quantitative estimate of drug-likeness (QED) is 0.674. The maximum atomic E-state index is 12.2. The second kappa shape index (κ2) is 8.53. The Balaban J connectivity index is 0.00000121. The van der Waals surface area contributed by atoms with Crippen LogP contribution in [0.2, 0.25) is 0 Å². The molecule has 0 aromatic carbocycles. The summed E-state index contributed by atoms with van der Waals surface area (Å²) < 4.78 is 0. The highest BCUT2D eigenvalue weighted by Crippen LogP contribution is 2.22. The molecule has 4 rings (SSSR count). The van der Waals surface area contributed by atoms with Crippen molar-refractivity contribution < 1.29 is 9.90 Å². The molecule has 0 radical (unpaired) electrons. The average Bonchev–Trinajstić information content (AvgIpc) is 3.20. The first-order valence-corrected chi connectivity index (χ1v) is 8.14. The van der Waals surface area contributed by atoms with E-state index in [9.17, 15) is 9.90 Å². The minimum Gasteiger partial charge on any atom is -0.396 e. The van der Waals surface area contributed by atoms with Crippen LogP contribution in [0.4, 0.5) is 0 Å². The lowest BCUT2D eigenvalue weighted by Crippen LogP contribution is -2.46. The van der Waals surface area contributed by atoms with Gasteiger partial charge in [-0.25, -0.2) is 9.98 Å². The number of hydrogen-bond donors (Lipinski definition) is 3. The fourth-order valence-electron chi connectivity index (χ4n) is 3.26. The number of likely N-dealkylation sites (tertiary alicyclic amines) is 1. The van der Waals surface area contributed by atoms with Crippen molar-refractivity contribution in [1.82, 2.24) is 20.2 Å². The number of fused-ring (bicyclic) bond motifs is 1. The van der Waals surface area contributed by atoms with Crippen LogP contribution in [0.15, 0.2) is 35.2 Å². The molecule has 26 heavy (non-hydrogen) atoms. The molecule has 1 amide bonds. The Kier molecular flexibility index (Phi) is 6.63. The highest BCUT2D eigenvalue weighted by Gasteiger charge is 2.28. The van der Waals surface area contributed by atoms with E-state index >= 15 is 0 Å². The number of aromatic amines is 1. The third-order valence-corrected chi connectivity index (χ3v) is 4.54. The second-order valence-corrected chi connectivity index (χ2v) is 6.20. The van der Waals surface area contributed by atoms with Gasteiger partial charge in [-0.05, 0) is 37.0 Å². The van der Waals surface area contributed by atoms with Gasteiger partial charge in [-0.3, -0.25) is 10.1 Å². The summed E-state index contributed by atoms with van der Waals surface area (Å²) in [5.74, 6) is 0.628. The summed E-state index contributed by atoms with van der Waals surface area (Å²) in [6.07, 6.45) is 7.33. The summed E-state index contributed by atoms with van der Waals surface area (Å²) in [7, 11) is 0. The molecule has 1 saturated heterocycles. The highest BCUT2D eigenvalue weighted by molar-refractivity contribution is 6.14. The Labute approximate surface area is 163 Å². The van der Waals surface area contributed by atoms with E-state index in [1.807, 2.05) is 23.2 Å². The molecule has 3 N–H and O–H groups in total. The number of aromatic nitrogens is 2. The number of aliphatic imine (C=N–C) groups is 1. The number of aliphatic hydroxyl groups excluding tert-OH is 1. The number of hydrogen-bond acceptors (Lipinski definition) is 5. The van der Waals surface area contributed by atoms with Crippen LogP contribution in [0.25, 0.3) is 17.1 Å². The van der Waals surface area contributed by atoms with Crippen molar-refractivity contribution in [2.45, 2.75) is 12.8 Å². The van der Waals surface area contributed by atoms with Gasteiger partial charge in [0.25, 0.3) is 5.91 Å². The zero-order chi connectivity index (χ0) is 16.5. The standard InChI is InChI=1S/C17H19N5O2.2ClH/c23-10-11-3-2-6-22(9-11)17-20-14(16(24)21-17)7-12-8-19-15-13(12)4-1-5-18-15;;/h1,4-5,7-8,11,23H,2-3,6,9-10H2,(H,18,19)(H,20,21,24);2*1H/b14-7-;;. The molecule has 4 heterocycles. The molecule has 9 heteroatoms. The Morgan fingerprint density at radius 3 is 3.04 bits per heavy atom. The van der Waals surface area contributed by atoms with Crippen molar-refractivity contribution in [3.05, 3.63) is 35.8 Å². The molecule has 7 nitrogen and oxygen atoms in total. The van der Waals surface area contributed by atoms with Gasteiger partial charge in [0, 0.05) is 43.0 Å². The average molecular weight is 398 g/mol. The number of nitrogens with zero attached hydrogens (tertiary/aromatic N) is 3. The van der Waals surface area contributed by atoms with Gasteiger partial charge < -0.3 is 15.0 Å². The van der Waals surface area contributed by atoms with Gasteiger partial charge in [-0.1, -0.05) is 0 Å². The zero-order valence-electron chi connectivity index (χ0n) is 14.0. The van der Waals surface area contributed by atoms with Gasteiger partial charge in [-0.15, -0.1) is 24.8 Å². The molecule has 140 valence electrons. The van der Waals surface area contributed by atoms with E-state index in [4.69, 9.17) is 0 Å². The maximum Gasteiger partial charge on any atom is 0.276 e. The van der Waals surface area contributed by atoms with E-state index in [-0.39, 0.29) is 43.2 Å². The number of aliphatic hydroxyl groups is 1. The number of amides is 1. The summed E-state index contributed by atoms with van der Waals surface area (Å²) in [5, 5.41) is 13.2. The van der Waals surface area contributed by atoms with Crippen molar-refractivity contribution >= 4 is 53.8 Å². The Hall–Kier alpha value is -2.09. The predicted molar refractivity (Wildman–Crippen MR) is 106 cm³/mol. The molecular formula is C17H21Cl2N5O2. The predicted octanol–water partition coefficient (Wildman–Crippen LogP) is 1.94. The van der Waals surface area contributed by atoms with Crippen LogP contribution in [0.5, 0.6) is 0 Å². The second-order valence-electron chi connectivity index (χ2n) is 6.20. The molecule has 1 fully saturated rings. The molecule has 2 aliphatic rings. The number of pyridine rings is 1. The van der Waals surface area contributed by atoms with Crippen LogP contribution in [0.1, 0.15) is 18.4 Å². The third-order valence-electron chi connectivity index (χ3n) is 4.54. The fourth-order valence-corrected chi connectivity index (χ4v) is 3.26. The largest absolute Gasteiger partial charge is 0.396 e. The van der Waals surface area contributed by atoms with Gasteiger partial charge in [0.2, 0.25) is 5.96 Å². The van der Waals surface area contributed by atoms with Gasteiger partial charge >= 0.3 is 0 Å². The lowest BCUT2D eigenvalue weighted by molar-refractivity contribution is -0.115. The first-order chi connectivity index (χ1) is 11.7. The molecule has 2 aliphatic heterocycles. The Bertz CT molecular complexity index is 849. The molecule has 2 aromatic heterocycles. The fraction of sp³-hybridized carbons (Fsp3) is 0.353. The third kappa shape index (κ3) is 3.85. The number of nitrogens with one attached hydrogen (secondary N) is 2. The number of H-pyrrole nitrogens is 1. The number of carbonyl (C=O) groups excluding carboxylic acids is 1. The Morgan fingerprint density at radius 1 is 1.38 bits per heavy atom. The van der Waals surface area contributed by atoms with E-state index in [2.05, 4.69) is 20.3 Å². The molecule has 0 bridgehead atoms. The van der Waals surface area contributed by atoms with Crippen LogP contribution < -0.4 is 5.32 Å². The topological polar surface area (TPSA) is 93.6 Å². The van der Waals surface area contributed by atoms with Crippen molar-refractivity contribution in [3.8, 4) is 0 Å². The minimum atomic E-state index is -0.200. The number of carbonyl (C=O) groups is 1. The lowest BCUT2D eigenvalue weighted by atomic mass is 9.99. The normalized spacial score (nSPS) is 21.2. The first-order valence-electron chi connectivity index (χ1n) is 8.14. The van der Waals surface area contributed by atoms with Crippen molar-refractivity contribution in [3.63, 3.8) is 0 Å². The van der Waals surface area contributed by atoms with Crippen molar-refractivity contribution in [1.29, 1.82) is 0 Å². The monoisotopic (exact) mass is 397 g/mol. The molecule has 0 aliphatic carbocycles. The summed E-state index contributed by atoms with van der Waals surface area (Å²) >= 11 is 0. The highest BCUT2D eigenvalue weighted by atomic mass is 35.5. The number of guanidine groups is 1. The molecule has 2 aromatic rings. The van der Waals surface area contributed by atoms with Gasteiger partial charge in [-0.2, -0.15) is 0 Å². The number of halogens is 2. The Morgan fingerprint density at radius 2 is 2.23 bits per heavy atom. The molecule has 1 unspecified atom stereocenters. The zero-order valence-corrected chi connectivity index (χ0v) is 15.6. The minimum absolute atomic E-state index is 0. The van der Waals surface area contributed by atoms with E-state index in [0.717, 1.165) is 42.5 Å². The molecular weight excluding hydrogens is 377 g/mol. The van der Waals surface area contributed by atoms with Crippen LogP contribution >= 0.6 is 24.8 Å².